The molecule has 0 aromatic carbocycles. The van der Waals surface area contributed by atoms with Gasteiger partial charge in [-0.25, -0.2) is 0 Å². The molecule has 0 aromatic heterocycles. The fourth-order valence-electron chi connectivity index (χ4n) is 2.89. The number of piperazine rings is 1. The van der Waals surface area contributed by atoms with Gasteiger partial charge in [0, 0.05) is 26.2 Å². The monoisotopic (exact) mass is 254 g/mol. The van der Waals surface area contributed by atoms with Crippen molar-refractivity contribution >= 4 is 5.97 Å². The summed E-state index contributed by atoms with van der Waals surface area (Å²) in [7, 11) is 0. The number of rotatable bonds is 4. The Kier molecular flexibility index (Phi) is 5.45. The second-order valence-electron chi connectivity index (χ2n) is 5.60. The molecule has 1 saturated heterocycles. The predicted octanol–water partition coefficient (Wildman–Crippen LogP) is 1.40. The molecule has 2 aliphatic rings. The van der Waals surface area contributed by atoms with Crippen LogP contribution in [-0.4, -0.2) is 49.7 Å². The summed E-state index contributed by atoms with van der Waals surface area (Å²) in [5.41, 5.74) is 0. The van der Waals surface area contributed by atoms with Gasteiger partial charge in [0.05, 0.1) is 6.61 Å². The van der Waals surface area contributed by atoms with Gasteiger partial charge in [-0.3, -0.25) is 9.69 Å². The van der Waals surface area contributed by atoms with E-state index in [4.69, 9.17) is 4.74 Å². The Morgan fingerprint density at radius 1 is 1.28 bits per heavy atom. The fraction of sp³-hybridized carbons (Fsp3) is 0.929. The molecule has 1 aliphatic heterocycles. The summed E-state index contributed by atoms with van der Waals surface area (Å²) in [6.45, 7) is 6.43. The van der Waals surface area contributed by atoms with E-state index in [0.29, 0.717) is 12.5 Å². The first-order chi connectivity index (χ1) is 8.77. The van der Waals surface area contributed by atoms with E-state index in [1.807, 2.05) is 6.92 Å². The smallest absolute Gasteiger partial charge is 0.323 e. The van der Waals surface area contributed by atoms with Crippen LogP contribution < -0.4 is 5.32 Å². The maximum absolute atomic E-state index is 12.0. The maximum atomic E-state index is 12.0. The molecular formula is C14H26N2O2. The van der Waals surface area contributed by atoms with Crippen LogP contribution in [0.5, 0.6) is 0 Å². The van der Waals surface area contributed by atoms with Crippen molar-refractivity contribution in [3.63, 3.8) is 0 Å². The molecule has 0 aromatic rings. The summed E-state index contributed by atoms with van der Waals surface area (Å²) in [6, 6.07) is -0.0873. The lowest BCUT2D eigenvalue weighted by molar-refractivity contribution is -0.151. The lowest BCUT2D eigenvalue weighted by atomic mass is 9.90. The highest BCUT2D eigenvalue weighted by molar-refractivity contribution is 5.75. The summed E-state index contributed by atoms with van der Waals surface area (Å²) < 4.78 is 5.50. The number of hydrogen-bond donors (Lipinski definition) is 1. The minimum atomic E-state index is -0.0873. The van der Waals surface area contributed by atoms with E-state index in [2.05, 4.69) is 10.2 Å². The molecule has 18 heavy (non-hydrogen) atoms. The van der Waals surface area contributed by atoms with Crippen LogP contribution >= 0.6 is 0 Å². The van der Waals surface area contributed by atoms with Crippen LogP contribution in [0.15, 0.2) is 0 Å². The van der Waals surface area contributed by atoms with Crippen molar-refractivity contribution in [2.75, 3.05) is 32.8 Å². The largest absolute Gasteiger partial charge is 0.464 e. The number of ether oxygens (including phenoxy) is 1. The molecule has 2 rings (SSSR count). The molecule has 1 aliphatic carbocycles. The van der Waals surface area contributed by atoms with Gasteiger partial charge in [0.2, 0.25) is 0 Å². The van der Waals surface area contributed by atoms with Gasteiger partial charge in [0.1, 0.15) is 6.04 Å². The van der Waals surface area contributed by atoms with Crippen molar-refractivity contribution in [3.05, 3.63) is 0 Å². The van der Waals surface area contributed by atoms with Gasteiger partial charge < -0.3 is 10.1 Å². The number of carbonyl (C=O) groups is 1. The van der Waals surface area contributed by atoms with Gasteiger partial charge >= 0.3 is 5.97 Å². The SMILES string of the molecule is CC(C(=O)OCC1CCCCC1)N1CCNCC1. The Hall–Kier alpha value is -0.610. The highest BCUT2D eigenvalue weighted by atomic mass is 16.5. The third-order valence-electron chi connectivity index (χ3n) is 4.23. The average Bonchev–Trinajstić information content (AvgIpc) is 2.46. The number of carbonyl (C=O) groups excluding carboxylic acids is 1. The molecule has 4 heteroatoms. The molecule has 2 fully saturated rings. The van der Waals surface area contributed by atoms with Crippen LogP contribution in [0.1, 0.15) is 39.0 Å². The first kappa shape index (κ1) is 13.8. The topological polar surface area (TPSA) is 41.6 Å². The first-order valence-electron chi connectivity index (χ1n) is 7.39. The molecule has 1 atom stereocenters. The Morgan fingerprint density at radius 3 is 2.61 bits per heavy atom. The zero-order valence-electron chi connectivity index (χ0n) is 11.5. The Bertz CT molecular complexity index is 259. The number of esters is 1. The van der Waals surface area contributed by atoms with E-state index >= 15 is 0 Å². The van der Waals surface area contributed by atoms with Crippen LogP contribution in [0.2, 0.25) is 0 Å². The number of nitrogens with one attached hydrogen (secondary N) is 1. The van der Waals surface area contributed by atoms with E-state index in [9.17, 15) is 4.79 Å². The van der Waals surface area contributed by atoms with Crippen molar-refractivity contribution < 1.29 is 9.53 Å². The quantitative estimate of drug-likeness (QED) is 0.770. The van der Waals surface area contributed by atoms with Crippen LogP contribution in [0.3, 0.4) is 0 Å². The lowest BCUT2D eigenvalue weighted by Crippen LogP contribution is -2.50. The van der Waals surface area contributed by atoms with E-state index < -0.39 is 0 Å². The highest BCUT2D eigenvalue weighted by Gasteiger charge is 2.25. The third kappa shape index (κ3) is 3.95. The minimum Gasteiger partial charge on any atom is -0.464 e. The Morgan fingerprint density at radius 2 is 1.94 bits per heavy atom. The van der Waals surface area contributed by atoms with E-state index in [0.717, 1.165) is 26.2 Å². The molecule has 4 nitrogen and oxygen atoms in total. The fourth-order valence-corrected chi connectivity index (χ4v) is 2.89. The van der Waals surface area contributed by atoms with Crippen LogP contribution in [-0.2, 0) is 9.53 Å². The molecule has 0 bridgehead atoms. The Balaban J connectivity index is 1.69. The Labute approximate surface area is 110 Å². The minimum absolute atomic E-state index is 0.0394. The normalized spacial score (nSPS) is 24.7. The van der Waals surface area contributed by atoms with Gasteiger partial charge in [-0.2, -0.15) is 0 Å². The van der Waals surface area contributed by atoms with Crippen molar-refractivity contribution in [2.24, 2.45) is 5.92 Å². The van der Waals surface area contributed by atoms with Crippen molar-refractivity contribution in [3.8, 4) is 0 Å². The summed E-state index contributed by atoms with van der Waals surface area (Å²) in [4.78, 5) is 14.2. The van der Waals surface area contributed by atoms with Gasteiger partial charge in [-0.15, -0.1) is 0 Å². The van der Waals surface area contributed by atoms with Crippen molar-refractivity contribution in [2.45, 2.75) is 45.1 Å². The van der Waals surface area contributed by atoms with E-state index in [-0.39, 0.29) is 12.0 Å². The summed E-state index contributed by atoms with van der Waals surface area (Å²) in [5, 5.41) is 3.30. The van der Waals surface area contributed by atoms with Crippen molar-refractivity contribution in [1.29, 1.82) is 0 Å². The molecular weight excluding hydrogens is 228 g/mol. The molecule has 1 unspecified atom stereocenters. The van der Waals surface area contributed by atoms with Crippen molar-refractivity contribution in [1.82, 2.24) is 10.2 Å². The van der Waals surface area contributed by atoms with Crippen LogP contribution in [0.4, 0.5) is 0 Å². The second-order valence-corrected chi connectivity index (χ2v) is 5.60. The third-order valence-corrected chi connectivity index (χ3v) is 4.23. The summed E-state index contributed by atoms with van der Waals surface area (Å²) in [5.74, 6) is 0.570. The van der Waals surface area contributed by atoms with Gasteiger partial charge in [0.15, 0.2) is 0 Å². The molecule has 0 amide bonds. The van der Waals surface area contributed by atoms with Gasteiger partial charge in [0.25, 0.3) is 0 Å². The maximum Gasteiger partial charge on any atom is 0.323 e. The van der Waals surface area contributed by atoms with Crippen LogP contribution in [0, 0.1) is 5.92 Å². The molecule has 1 heterocycles. The number of hydrogen-bond acceptors (Lipinski definition) is 4. The zero-order chi connectivity index (χ0) is 12.8. The van der Waals surface area contributed by atoms with Gasteiger partial charge in [-0.05, 0) is 25.7 Å². The molecule has 1 saturated carbocycles. The zero-order valence-corrected chi connectivity index (χ0v) is 11.5. The van der Waals surface area contributed by atoms with E-state index in [1.54, 1.807) is 0 Å². The first-order valence-corrected chi connectivity index (χ1v) is 7.39. The molecule has 104 valence electrons. The van der Waals surface area contributed by atoms with E-state index in [1.165, 1.54) is 32.1 Å². The predicted molar refractivity (Wildman–Crippen MR) is 71.4 cm³/mol. The molecule has 1 N–H and O–H groups in total. The molecule has 0 radical (unpaired) electrons. The summed E-state index contributed by atoms with van der Waals surface area (Å²) >= 11 is 0. The van der Waals surface area contributed by atoms with Gasteiger partial charge in [-0.1, -0.05) is 19.3 Å². The average molecular weight is 254 g/mol. The molecule has 0 spiro atoms. The second kappa shape index (κ2) is 7.10. The standard InChI is InChI=1S/C14H26N2O2/c1-12(16-9-7-15-8-10-16)14(17)18-11-13-5-3-2-4-6-13/h12-13,15H,2-11H2,1H3. The lowest BCUT2D eigenvalue weighted by Gasteiger charge is -2.31. The highest BCUT2D eigenvalue weighted by Crippen LogP contribution is 2.23. The number of nitrogens with zero attached hydrogens (tertiary/aromatic N) is 1. The van der Waals surface area contributed by atoms with Crippen LogP contribution in [0.25, 0.3) is 0 Å². The summed E-state index contributed by atoms with van der Waals surface area (Å²) in [6.07, 6.45) is 6.41.